The summed E-state index contributed by atoms with van der Waals surface area (Å²) in [5.41, 5.74) is 3.08. The number of nitrogens with one attached hydrogen (secondary N) is 1. The smallest absolute Gasteiger partial charge is 0.244 e. The Hall–Kier alpha value is -2.48. The normalized spacial score (nSPS) is 17.3. The molecule has 0 bridgehead atoms. The Balaban J connectivity index is 1.95. The number of rotatable bonds is 3. The van der Waals surface area contributed by atoms with Crippen molar-refractivity contribution in [1.82, 2.24) is 4.31 Å². The molecule has 148 valence electrons. The number of hydrogen-bond acceptors (Lipinski definition) is 3. The van der Waals surface area contributed by atoms with Gasteiger partial charge in [0.1, 0.15) is 0 Å². The lowest BCUT2D eigenvalue weighted by molar-refractivity contribution is -0.116. The fraction of sp³-hybridized carbons (Fsp3) is 0.136. The van der Waals surface area contributed by atoms with E-state index < -0.39 is 16.1 Å². The van der Waals surface area contributed by atoms with E-state index in [0.717, 1.165) is 15.6 Å². The van der Waals surface area contributed by atoms with Gasteiger partial charge in [0, 0.05) is 10.2 Å². The average molecular weight is 471 g/mol. The van der Waals surface area contributed by atoms with Crippen LogP contribution in [0, 0.1) is 6.92 Å². The third-order valence-electron chi connectivity index (χ3n) is 4.91. The van der Waals surface area contributed by atoms with Gasteiger partial charge in [-0.2, -0.15) is 4.31 Å². The van der Waals surface area contributed by atoms with Gasteiger partial charge in [-0.15, -0.1) is 0 Å². The maximum atomic E-state index is 13.6. The molecule has 0 saturated heterocycles. The maximum absolute atomic E-state index is 13.6. The van der Waals surface area contributed by atoms with Crippen LogP contribution in [0.25, 0.3) is 0 Å². The molecule has 1 N–H and O–H groups in total. The summed E-state index contributed by atoms with van der Waals surface area (Å²) in [5, 5.41) is 2.85. The van der Waals surface area contributed by atoms with Crippen molar-refractivity contribution in [3.05, 3.63) is 94.0 Å². The molecule has 0 saturated carbocycles. The van der Waals surface area contributed by atoms with Crippen molar-refractivity contribution in [1.29, 1.82) is 0 Å². The van der Waals surface area contributed by atoms with E-state index in [-0.39, 0.29) is 17.3 Å². The minimum atomic E-state index is -3.93. The van der Waals surface area contributed by atoms with Gasteiger partial charge in [-0.3, -0.25) is 4.79 Å². The number of fused-ring (bicyclic) bond motifs is 1. The molecule has 0 radical (unpaired) electrons. The first kappa shape index (κ1) is 19.8. The number of carbonyl (C=O) groups excluding carboxylic acids is 1. The summed E-state index contributed by atoms with van der Waals surface area (Å²) in [6.07, 6.45) is 0. The van der Waals surface area contributed by atoms with Crippen molar-refractivity contribution >= 4 is 37.5 Å². The van der Waals surface area contributed by atoms with Crippen LogP contribution in [0.4, 0.5) is 5.69 Å². The predicted molar refractivity (Wildman–Crippen MR) is 116 cm³/mol. The van der Waals surface area contributed by atoms with Crippen molar-refractivity contribution in [3.63, 3.8) is 0 Å². The van der Waals surface area contributed by atoms with Gasteiger partial charge in [-0.05, 0) is 48.4 Å². The summed E-state index contributed by atoms with van der Waals surface area (Å²) >= 11 is 3.47. The van der Waals surface area contributed by atoms with Crippen LogP contribution < -0.4 is 5.32 Å². The first-order valence-corrected chi connectivity index (χ1v) is 11.3. The van der Waals surface area contributed by atoms with E-state index in [1.165, 1.54) is 4.31 Å². The number of halogens is 1. The van der Waals surface area contributed by atoms with Crippen molar-refractivity contribution in [3.8, 4) is 0 Å². The van der Waals surface area contributed by atoms with Crippen LogP contribution in [0.15, 0.2) is 82.2 Å². The number of nitrogens with zero attached hydrogens (tertiary/aromatic N) is 1. The van der Waals surface area contributed by atoms with Crippen LogP contribution in [0.3, 0.4) is 0 Å². The number of hydrogen-bond donors (Lipinski definition) is 1. The third kappa shape index (κ3) is 3.85. The van der Waals surface area contributed by atoms with Crippen LogP contribution in [-0.4, -0.2) is 25.2 Å². The lowest BCUT2D eigenvalue weighted by atomic mass is 9.97. The molecule has 29 heavy (non-hydrogen) atoms. The van der Waals surface area contributed by atoms with Crippen molar-refractivity contribution in [2.75, 3.05) is 11.9 Å². The van der Waals surface area contributed by atoms with Gasteiger partial charge in [0.15, 0.2) is 0 Å². The van der Waals surface area contributed by atoms with Crippen LogP contribution >= 0.6 is 15.9 Å². The molecule has 0 unspecified atom stereocenters. The fourth-order valence-electron chi connectivity index (χ4n) is 3.50. The van der Waals surface area contributed by atoms with E-state index in [9.17, 15) is 13.2 Å². The standard InChI is InChI=1S/C22H19BrN2O3S/c1-15-7-10-18(11-8-15)29(27,28)25-14-21(26)24-20-12-9-17(23)13-19(20)22(25)16-5-3-2-4-6-16/h2-13,22H,14H2,1H3,(H,24,26)/t22-/m1/s1. The molecule has 5 nitrogen and oxygen atoms in total. The van der Waals surface area contributed by atoms with Crippen LogP contribution in [0.2, 0.25) is 0 Å². The Kier molecular flexibility index (Phi) is 5.29. The van der Waals surface area contributed by atoms with E-state index in [1.54, 1.807) is 30.3 Å². The molecule has 3 aromatic rings. The molecule has 4 rings (SSSR count). The third-order valence-corrected chi connectivity index (χ3v) is 7.23. The highest BCUT2D eigenvalue weighted by molar-refractivity contribution is 9.10. The maximum Gasteiger partial charge on any atom is 0.244 e. The van der Waals surface area contributed by atoms with Crippen LogP contribution in [0.1, 0.15) is 22.7 Å². The summed E-state index contributed by atoms with van der Waals surface area (Å²) in [6.45, 7) is 1.62. The highest BCUT2D eigenvalue weighted by Crippen LogP contribution is 2.39. The number of carbonyl (C=O) groups is 1. The Bertz CT molecular complexity index is 1160. The Morgan fingerprint density at radius 2 is 1.69 bits per heavy atom. The van der Waals surface area contributed by atoms with Gasteiger partial charge >= 0.3 is 0 Å². The van der Waals surface area contributed by atoms with Crippen LogP contribution in [-0.2, 0) is 14.8 Å². The SMILES string of the molecule is Cc1ccc(S(=O)(=O)N2CC(=O)Nc3ccc(Br)cc3[C@H]2c2ccccc2)cc1. The fourth-order valence-corrected chi connectivity index (χ4v) is 5.43. The quantitative estimate of drug-likeness (QED) is 0.612. The lowest BCUT2D eigenvalue weighted by Gasteiger charge is -2.29. The lowest BCUT2D eigenvalue weighted by Crippen LogP contribution is -2.38. The van der Waals surface area contributed by atoms with Gasteiger partial charge in [-0.1, -0.05) is 64.0 Å². The molecular weight excluding hydrogens is 452 g/mol. The number of sulfonamides is 1. The zero-order valence-corrected chi connectivity index (χ0v) is 18.1. The van der Waals surface area contributed by atoms with Gasteiger partial charge < -0.3 is 5.32 Å². The van der Waals surface area contributed by atoms with Gasteiger partial charge in [-0.25, -0.2) is 8.42 Å². The second-order valence-electron chi connectivity index (χ2n) is 6.96. The van der Waals surface area contributed by atoms with E-state index in [2.05, 4.69) is 21.2 Å². The van der Waals surface area contributed by atoms with Gasteiger partial charge in [0.05, 0.1) is 17.5 Å². The Labute approximate surface area is 178 Å². The molecule has 0 spiro atoms. The largest absolute Gasteiger partial charge is 0.325 e. The first-order chi connectivity index (χ1) is 13.9. The molecule has 1 aliphatic heterocycles. The highest BCUT2D eigenvalue weighted by atomic mass is 79.9. The second kappa shape index (κ2) is 7.74. The molecule has 0 aliphatic carbocycles. The number of anilines is 1. The molecule has 3 aromatic carbocycles. The first-order valence-electron chi connectivity index (χ1n) is 9.09. The molecule has 7 heteroatoms. The van der Waals surface area contributed by atoms with Crippen molar-refractivity contribution in [2.45, 2.75) is 17.9 Å². The molecular formula is C22H19BrN2O3S. The molecule has 0 fully saturated rings. The topological polar surface area (TPSA) is 66.5 Å². The van der Waals surface area contributed by atoms with E-state index in [1.807, 2.05) is 49.4 Å². The number of benzene rings is 3. The summed E-state index contributed by atoms with van der Waals surface area (Å²) in [6, 6.07) is 20.9. The highest BCUT2D eigenvalue weighted by Gasteiger charge is 2.38. The van der Waals surface area contributed by atoms with Gasteiger partial charge in [0.2, 0.25) is 15.9 Å². The zero-order chi connectivity index (χ0) is 20.6. The molecule has 1 atom stereocenters. The number of amides is 1. The van der Waals surface area contributed by atoms with Gasteiger partial charge in [0.25, 0.3) is 0 Å². The predicted octanol–water partition coefficient (Wildman–Crippen LogP) is 4.49. The monoisotopic (exact) mass is 470 g/mol. The summed E-state index contributed by atoms with van der Waals surface area (Å²) in [4.78, 5) is 12.8. The molecule has 0 aromatic heterocycles. The molecule has 1 aliphatic rings. The summed E-state index contributed by atoms with van der Waals surface area (Å²) in [5.74, 6) is -0.373. The molecule has 1 heterocycles. The average Bonchev–Trinajstić information content (AvgIpc) is 2.85. The molecule has 1 amide bonds. The zero-order valence-electron chi connectivity index (χ0n) is 15.7. The Morgan fingerprint density at radius 3 is 2.38 bits per heavy atom. The summed E-state index contributed by atoms with van der Waals surface area (Å²) < 4.78 is 29.3. The summed E-state index contributed by atoms with van der Waals surface area (Å²) in [7, 11) is -3.93. The van der Waals surface area contributed by atoms with Crippen LogP contribution in [0.5, 0.6) is 0 Å². The number of aryl methyl sites for hydroxylation is 1. The van der Waals surface area contributed by atoms with Crippen molar-refractivity contribution < 1.29 is 13.2 Å². The van der Waals surface area contributed by atoms with E-state index in [0.29, 0.717) is 11.3 Å². The van der Waals surface area contributed by atoms with Crippen molar-refractivity contribution in [2.24, 2.45) is 0 Å². The van der Waals surface area contributed by atoms with E-state index in [4.69, 9.17) is 0 Å². The minimum Gasteiger partial charge on any atom is -0.325 e. The second-order valence-corrected chi connectivity index (χ2v) is 9.76. The van der Waals surface area contributed by atoms with E-state index >= 15 is 0 Å². The Morgan fingerprint density at radius 1 is 1.00 bits per heavy atom. The minimum absolute atomic E-state index is 0.162.